The number of hydrogen-bond donors (Lipinski definition) is 0. The molecule has 3 aromatic heterocycles. The minimum atomic E-state index is -0.585. The fraction of sp³-hybridized carbons (Fsp3) is 0. The zero-order valence-electron chi connectivity index (χ0n) is 39.7. The normalized spacial score (nSPS) is 15.5. The highest BCUT2D eigenvalue weighted by molar-refractivity contribution is 7.25. The molecule has 0 fully saturated rings. The minimum Gasteiger partial charge on any atom is -0.456 e. The standard InChI is InChI=1S/C45H27N3OS/c1-2-10-28(11-3-1)31-12-8-13-32(26-31)29-20-22-30(23-21-29)43-46-44(33-24-25-35-34-14-4-6-17-38(34)49-39(35)27-33)48-45(47-43)37-16-9-19-41-42(37)36-15-5-7-18-40(36)50-41/h1-27H/i4D,5D,6D,7D,9D,14D,15D,16D,17D,18D,19D,24D,25D,27D. The van der Waals surface area contributed by atoms with Gasteiger partial charge in [-0.25, -0.2) is 15.0 Å². The van der Waals surface area contributed by atoms with Crippen LogP contribution in [0.25, 0.3) is 98.5 Å². The van der Waals surface area contributed by atoms with Crippen molar-refractivity contribution in [2.24, 2.45) is 0 Å². The summed E-state index contributed by atoms with van der Waals surface area (Å²) in [7, 11) is 0. The first-order chi connectivity index (χ1) is 30.6. The monoisotopic (exact) mass is 671 g/mol. The summed E-state index contributed by atoms with van der Waals surface area (Å²) in [4.78, 5) is 14.2. The molecule has 0 amide bonds. The van der Waals surface area contributed by atoms with Gasteiger partial charge in [0, 0.05) is 47.6 Å². The molecular formula is C45H27N3OS. The Bertz CT molecular complexity index is 3670. The quantitative estimate of drug-likeness (QED) is 0.183. The third kappa shape index (κ3) is 4.87. The predicted octanol–water partition coefficient (Wildman–Crippen LogP) is 12.5. The van der Waals surface area contributed by atoms with E-state index < -0.39 is 72.5 Å². The zero-order chi connectivity index (χ0) is 45.2. The molecule has 234 valence electrons. The van der Waals surface area contributed by atoms with E-state index in [0.717, 1.165) is 33.6 Å². The van der Waals surface area contributed by atoms with Gasteiger partial charge in [0.1, 0.15) is 11.2 Å². The average molecular weight is 672 g/mol. The third-order valence-corrected chi connectivity index (χ3v) is 9.38. The molecule has 0 bridgehead atoms. The van der Waals surface area contributed by atoms with Crippen molar-refractivity contribution in [3.05, 3.63) is 163 Å². The van der Waals surface area contributed by atoms with Crippen LogP contribution in [-0.4, -0.2) is 15.0 Å². The fourth-order valence-corrected chi connectivity index (χ4v) is 6.96. The molecule has 7 aromatic carbocycles. The largest absolute Gasteiger partial charge is 0.456 e. The number of thiophene rings is 1. The zero-order valence-corrected chi connectivity index (χ0v) is 26.5. The first-order valence-electron chi connectivity index (χ1n) is 22.5. The fourth-order valence-electron chi connectivity index (χ4n) is 5.99. The van der Waals surface area contributed by atoms with Crippen molar-refractivity contribution in [3.63, 3.8) is 0 Å². The molecule has 0 atom stereocenters. The maximum Gasteiger partial charge on any atom is 0.164 e. The summed E-state index contributed by atoms with van der Waals surface area (Å²) < 4.78 is 129. The summed E-state index contributed by atoms with van der Waals surface area (Å²) in [6, 6.07) is 17.9. The lowest BCUT2D eigenvalue weighted by Crippen LogP contribution is -2.00. The van der Waals surface area contributed by atoms with Crippen molar-refractivity contribution >= 4 is 53.4 Å². The van der Waals surface area contributed by atoms with Gasteiger partial charge < -0.3 is 4.42 Å². The van der Waals surface area contributed by atoms with Gasteiger partial charge in [0.2, 0.25) is 0 Å². The van der Waals surface area contributed by atoms with E-state index in [0.29, 0.717) is 5.56 Å². The van der Waals surface area contributed by atoms with Crippen LogP contribution in [0.3, 0.4) is 0 Å². The summed E-state index contributed by atoms with van der Waals surface area (Å²) in [5, 5.41) is -0.321. The number of nitrogens with zero attached hydrogens (tertiary/aromatic N) is 3. The second-order valence-electron chi connectivity index (χ2n) is 11.4. The van der Waals surface area contributed by atoms with E-state index in [-0.39, 0.29) is 82.8 Å². The van der Waals surface area contributed by atoms with Gasteiger partial charge in [-0.1, -0.05) is 127 Å². The molecule has 0 aliphatic carbocycles. The van der Waals surface area contributed by atoms with E-state index in [1.54, 1.807) is 12.1 Å². The molecule has 0 N–H and O–H groups in total. The van der Waals surface area contributed by atoms with E-state index in [1.807, 2.05) is 60.7 Å². The smallest absolute Gasteiger partial charge is 0.164 e. The number of fused-ring (bicyclic) bond motifs is 6. The average Bonchev–Trinajstić information content (AvgIpc) is 3.92. The highest BCUT2D eigenvalue weighted by Crippen LogP contribution is 2.40. The summed E-state index contributed by atoms with van der Waals surface area (Å²) >= 11 is 0.871. The second kappa shape index (κ2) is 11.6. The molecule has 0 aliphatic heterocycles. The van der Waals surface area contributed by atoms with Crippen LogP contribution in [-0.2, 0) is 0 Å². The number of hydrogen-bond acceptors (Lipinski definition) is 5. The van der Waals surface area contributed by atoms with E-state index >= 15 is 0 Å². The number of furan rings is 1. The minimum absolute atomic E-state index is 0.00646. The van der Waals surface area contributed by atoms with Gasteiger partial charge in [-0.15, -0.1) is 11.3 Å². The summed E-state index contributed by atoms with van der Waals surface area (Å²) in [5.74, 6) is -0.667. The van der Waals surface area contributed by atoms with Crippen LogP contribution in [0.1, 0.15) is 19.2 Å². The highest BCUT2D eigenvalue weighted by atomic mass is 32.1. The second-order valence-corrected chi connectivity index (χ2v) is 12.4. The highest BCUT2D eigenvalue weighted by Gasteiger charge is 2.18. The van der Waals surface area contributed by atoms with E-state index in [4.69, 9.17) is 29.5 Å². The van der Waals surface area contributed by atoms with Gasteiger partial charge in [0.25, 0.3) is 0 Å². The van der Waals surface area contributed by atoms with Gasteiger partial charge in [0.15, 0.2) is 17.5 Å². The van der Waals surface area contributed by atoms with Crippen LogP contribution in [0.4, 0.5) is 0 Å². The lowest BCUT2D eigenvalue weighted by molar-refractivity contribution is 0.669. The van der Waals surface area contributed by atoms with Crippen molar-refractivity contribution in [1.82, 2.24) is 15.0 Å². The van der Waals surface area contributed by atoms with Gasteiger partial charge >= 0.3 is 0 Å². The molecule has 4 nitrogen and oxygen atoms in total. The summed E-state index contributed by atoms with van der Waals surface area (Å²) in [6.07, 6.45) is 0. The molecular weight excluding hydrogens is 631 g/mol. The van der Waals surface area contributed by atoms with Crippen molar-refractivity contribution in [2.45, 2.75) is 0 Å². The van der Waals surface area contributed by atoms with Crippen LogP contribution in [0.15, 0.2) is 168 Å². The lowest BCUT2D eigenvalue weighted by Gasteiger charge is -2.10. The SMILES string of the molecule is [2H]c1c([2H])c([2H])c2c(oc3c([2H])c(-c4nc(-c5ccc(-c6cccc(-c7ccccc7)c6)cc5)nc(-c5c([2H])c([2H])c([2H])c6sc7c([2H])c([2H])c([2H])c([2H])c7c56)n4)c([2H])c([2H])c32)c1[2H]. The van der Waals surface area contributed by atoms with Crippen molar-refractivity contribution < 1.29 is 23.6 Å². The molecule has 0 spiro atoms. The molecule has 10 aromatic rings. The molecule has 0 saturated carbocycles. The van der Waals surface area contributed by atoms with Crippen molar-refractivity contribution in [3.8, 4) is 56.4 Å². The molecule has 0 unspecified atom stereocenters. The van der Waals surface area contributed by atoms with Crippen LogP contribution < -0.4 is 0 Å². The molecule has 0 radical (unpaired) electrons. The first-order valence-corrected chi connectivity index (χ1v) is 16.3. The van der Waals surface area contributed by atoms with Crippen LogP contribution in [0, 0.1) is 0 Å². The Morgan fingerprint density at radius 1 is 0.460 bits per heavy atom. The van der Waals surface area contributed by atoms with Crippen LogP contribution in [0.2, 0.25) is 0 Å². The third-order valence-electron chi connectivity index (χ3n) is 8.36. The Kier molecular flexibility index (Phi) is 4.14. The summed E-state index contributed by atoms with van der Waals surface area (Å²) in [5.41, 5.74) is 3.10. The van der Waals surface area contributed by atoms with E-state index in [2.05, 4.69) is 11.1 Å². The molecule has 3 heterocycles. The topological polar surface area (TPSA) is 51.8 Å². The van der Waals surface area contributed by atoms with E-state index in [1.165, 1.54) is 0 Å². The molecule has 0 aliphatic rings. The number of benzene rings is 7. The van der Waals surface area contributed by atoms with Gasteiger partial charge in [-0.3, -0.25) is 0 Å². The Morgan fingerprint density at radius 3 is 1.94 bits per heavy atom. The predicted molar refractivity (Wildman–Crippen MR) is 207 cm³/mol. The Hall–Kier alpha value is -6.43. The van der Waals surface area contributed by atoms with E-state index in [9.17, 15) is 4.11 Å². The number of aromatic nitrogens is 3. The molecule has 10 rings (SSSR count). The van der Waals surface area contributed by atoms with Gasteiger partial charge in [-0.05, 0) is 58.5 Å². The Labute approximate surface area is 311 Å². The van der Waals surface area contributed by atoms with Gasteiger partial charge in [-0.2, -0.15) is 0 Å². The number of rotatable bonds is 5. The molecule has 5 heteroatoms. The lowest BCUT2D eigenvalue weighted by atomic mass is 9.98. The van der Waals surface area contributed by atoms with Crippen LogP contribution in [0.5, 0.6) is 0 Å². The Balaban J connectivity index is 1.26. The van der Waals surface area contributed by atoms with Crippen molar-refractivity contribution in [1.29, 1.82) is 0 Å². The first kappa shape index (κ1) is 17.8. The van der Waals surface area contributed by atoms with Gasteiger partial charge in [0.05, 0.1) is 19.2 Å². The molecule has 0 saturated heterocycles. The van der Waals surface area contributed by atoms with Crippen LogP contribution >= 0.6 is 11.3 Å². The Morgan fingerprint density at radius 2 is 1.10 bits per heavy atom. The van der Waals surface area contributed by atoms with Crippen molar-refractivity contribution in [2.75, 3.05) is 0 Å². The maximum absolute atomic E-state index is 9.37. The maximum atomic E-state index is 9.37. The summed E-state index contributed by atoms with van der Waals surface area (Å²) in [6.45, 7) is 0. The molecule has 50 heavy (non-hydrogen) atoms. The number of para-hydroxylation sites is 1.